The number of anilines is 1. The number of morpholine rings is 1. The van der Waals surface area contributed by atoms with Crippen LogP contribution in [-0.2, 0) is 11.2 Å². The molecule has 1 aromatic rings. The zero-order chi connectivity index (χ0) is 12.4. The maximum absolute atomic E-state index is 5.63. The fraction of sp³-hybridized carbons (Fsp3) is 0.667. The lowest BCUT2D eigenvalue weighted by atomic mass is 10.2. The topological polar surface area (TPSA) is 38.2 Å². The molecule has 94 valence electrons. The predicted molar refractivity (Wildman–Crippen MR) is 71.3 cm³/mol. The highest BCUT2D eigenvalue weighted by Gasteiger charge is 2.25. The molecule has 1 aliphatic rings. The first-order valence-corrected chi connectivity index (χ1v) is 6.81. The Kier molecular flexibility index (Phi) is 3.99. The number of halogens is 1. The molecule has 2 heterocycles. The average Bonchev–Trinajstić information content (AvgIpc) is 2.31. The standard InChI is InChI=1S/C12H18BrN3O/c1-4-11-14-10(13)5-12(15-11)16-6-9(3)17-7-8(16)2/h5,8-9H,4,6-7H2,1-3H3. The van der Waals surface area contributed by atoms with Crippen molar-refractivity contribution in [2.45, 2.75) is 39.3 Å². The Bertz CT molecular complexity index is 399. The van der Waals surface area contributed by atoms with E-state index in [1.165, 1.54) is 0 Å². The Labute approximate surface area is 111 Å². The van der Waals surface area contributed by atoms with Gasteiger partial charge in [0.15, 0.2) is 0 Å². The quantitative estimate of drug-likeness (QED) is 0.786. The fourth-order valence-corrected chi connectivity index (χ4v) is 2.39. The minimum atomic E-state index is 0.255. The van der Waals surface area contributed by atoms with Crippen LogP contribution >= 0.6 is 15.9 Å². The summed E-state index contributed by atoms with van der Waals surface area (Å²) in [5.41, 5.74) is 0. The van der Waals surface area contributed by atoms with Crippen molar-refractivity contribution < 1.29 is 4.74 Å². The molecule has 0 N–H and O–H groups in total. The molecule has 1 fully saturated rings. The van der Waals surface area contributed by atoms with E-state index >= 15 is 0 Å². The van der Waals surface area contributed by atoms with Crippen LogP contribution in [0.25, 0.3) is 0 Å². The minimum Gasteiger partial charge on any atom is -0.375 e. The molecule has 1 aliphatic heterocycles. The first-order valence-electron chi connectivity index (χ1n) is 6.02. The van der Waals surface area contributed by atoms with Gasteiger partial charge in [-0.25, -0.2) is 9.97 Å². The van der Waals surface area contributed by atoms with E-state index < -0.39 is 0 Å². The Morgan fingerprint density at radius 2 is 2.24 bits per heavy atom. The molecule has 0 saturated carbocycles. The van der Waals surface area contributed by atoms with Crippen LogP contribution in [0, 0.1) is 0 Å². The first kappa shape index (κ1) is 12.8. The zero-order valence-corrected chi connectivity index (χ0v) is 12.1. The maximum Gasteiger partial charge on any atom is 0.133 e. The molecule has 0 aromatic carbocycles. The third-order valence-corrected chi connectivity index (χ3v) is 3.35. The van der Waals surface area contributed by atoms with E-state index in [0.29, 0.717) is 6.04 Å². The van der Waals surface area contributed by atoms with Crippen molar-refractivity contribution in [3.8, 4) is 0 Å². The van der Waals surface area contributed by atoms with Gasteiger partial charge in [0.1, 0.15) is 16.2 Å². The van der Waals surface area contributed by atoms with Crippen molar-refractivity contribution in [1.29, 1.82) is 0 Å². The molecule has 2 atom stereocenters. The summed E-state index contributed by atoms with van der Waals surface area (Å²) in [5.74, 6) is 1.87. The van der Waals surface area contributed by atoms with Crippen LogP contribution < -0.4 is 4.90 Å². The van der Waals surface area contributed by atoms with Gasteiger partial charge in [-0.05, 0) is 29.8 Å². The van der Waals surface area contributed by atoms with Gasteiger partial charge >= 0.3 is 0 Å². The smallest absolute Gasteiger partial charge is 0.133 e. The lowest BCUT2D eigenvalue weighted by Gasteiger charge is -2.37. The van der Waals surface area contributed by atoms with Gasteiger partial charge in [-0.1, -0.05) is 6.92 Å². The third kappa shape index (κ3) is 2.96. The van der Waals surface area contributed by atoms with Gasteiger partial charge in [-0.15, -0.1) is 0 Å². The molecule has 0 radical (unpaired) electrons. The molecule has 4 nitrogen and oxygen atoms in total. The monoisotopic (exact) mass is 299 g/mol. The number of rotatable bonds is 2. The number of hydrogen-bond donors (Lipinski definition) is 0. The van der Waals surface area contributed by atoms with Crippen LogP contribution in [0.2, 0.25) is 0 Å². The summed E-state index contributed by atoms with van der Waals surface area (Å²) in [6, 6.07) is 2.34. The van der Waals surface area contributed by atoms with Crippen LogP contribution in [0.1, 0.15) is 26.6 Å². The molecule has 2 rings (SSSR count). The Morgan fingerprint density at radius 1 is 1.47 bits per heavy atom. The van der Waals surface area contributed by atoms with Crippen molar-refractivity contribution in [3.05, 3.63) is 16.5 Å². The molecule has 0 bridgehead atoms. The second kappa shape index (κ2) is 5.31. The average molecular weight is 300 g/mol. The third-order valence-electron chi connectivity index (χ3n) is 2.95. The normalized spacial score (nSPS) is 25.1. The maximum atomic E-state index is 5.63. The fourth-order valence-electron chi connectivity index (χ4n) is 1.98. The van der Waals surface area contributed by atoms with Crippen molar-refractivity contribution >= 4 is 21.7 Å². The molecule has 0 amide bonds. The van der Waals surface area contributed by atoms with E-state index in [1.807, 2.05) is 6.07 Å². The Hall–Kier alpha value is -0.680. The Balaban J connectivity index is 2.28. The van der Waals surface area contributed by atoms with Crippen LogP contribution in [0.5, 0.6) is 0 Å². The van der Waals surface area contributed by atoms with E-state index in [9.17, 15) is 0 Å². The summed E-state index contributed by atoms with van der Waals surface area (Å²) in [5, 5.41) is 0. The van der Waals surface area contributed by atoms with Gasteiger partial charge in [0.25, 0.3) is 0 Å². The van der Waals surface area contributed by atoms with Crippen LogP contribution in [0.15, 0.2) is 10.7 Å². The van der Waals surface area contributed by atoms with Gasteiger partial charge in [0, 0.05) is 19.0 Å². The lowest BCUT2D eigenvalue weighted by Crippen LogP contribution is -2.47. The van der Waals surface area contributed by atoms with E-state index in [0.717, 1.165) is 35.8 Å². The highest BCUT2D eigenvalue weighted by atomic mass is 79.9. The summed E-state index contributed by atoms with van der Waals surface area (Å²) >= 11 is 3.45. The van der Waals surface area contributed by atoms with Crippen molar-refractivity contribution in [3.63, 3.8) is 0 Å². The summed E-state index contributed by atoms with van der Waals surface area (Å²) < 4.78 is 6.48. The molecule has 17 heavy (non-hydrogen) atoms. The summed E-state index contributed by atoms with van der Waals surface area (Å²) in [6.45, 7) is 7.96. The number of aryl methyl sites for hydroxylation is 1. The predicted octanol–water partition coefficient (Wildman–Crippen LogP) is 2.42. The van der Waals surface area contributed by atoms with E-state index in [-0.39, 0.29) is 6.10 Å². The van der Waals surface area contributed by atoms with Gasteiger partial charge in [-0.2, -0.15) is 0 Å². The molecule has 1 saturated heterocycles. The van der Waals surface area contributed by atoms with Gasteiger partial charge in [0.2, 0.25) is 0 Å². The zero-order valence-electron chi connectivity index (χ0n) is 10.5. The summed E-state index contributed by atoms with van der Waals surface area (Å²) in [7, 11) is 0. The lowest BCUT2D eigenvalue weighted by molar-refractivity contribution is 0.0340. The highest BCUT2D eigenvalue weighted by molar-refractivity contribution is 9.10. The van der Waals surface area contributed by atoms with Crippen LogP contribution in [-0.4, -0.2) is 35.3 Å². The second-order valence-electron chi connectivity index (χ2n) is 4.46. The van der Waals surface area contributed by atoms with Crippen molar-refractivity contribution in [2.75, 3.05) is 18.1 Å². The molecular formula is C12H18BrN3O. The minimum absolute atomic E-state index is 0.255. The van der Waals surface area contributed by atoms with Gasteiger partial charge in [0.05, 0.1) is 18.8 Å². The van der Waals surface area contributed by atoms with Crippen molar-refractivity contribution in [1.82, 2.24) is 9.97 Å². The van der Waals surface area contributed by atoms with E-state index in [2.05, 4.69) is 51.6 Å². The van der Waals surface area contributed by atoms with Gasteiger partial charge in [-0.3, -0.25) is 0 Å². The number of ether oxygens (including phenoxy) is 1. The largest absolute Gasteiger partial charge is 0.375 e. The van der Waals surface area contributed by atoms with Crippen molar-refractivity contribution in [2.24, 2.45) is 0 Å². The molecule has 5 heteroatoms. The molecular weight excluding hydrogens is 282 g/mol. The van der Waals surface area contributed by atoms with Crippen LogP contribution in [0.4, 0.5) is 5.82 Å². The molecule has 2 unspecified atom stereocenters. The summed E-state index contributed by atoms with van der Waals surface area (Å²) in [4.78, 5) is 11.2. The molecule has 0 aliphatic carbocycles. The highest BCUT2D eigenvalue weighted by Crippen LogP contribution is 2.22. The summed E-state index contributed by atoms with van der Waals surface area (Å²) in [6.07, 6.45) is 1.10. The number of hydrogen-bond acceptors (Lipinski definition) is 4. The molecule has 0 spiro atoms. The van der Waals surface area contributed by atoms with Crippen LogP contribution in [0.3, 0.4) is 0 Å². The SMILES string of the molecule is CCc1nc(Br)cc(N2CC(C)OCC2C)n1. The number of aromatic nitrogens is 2. The second-order valence-corrected chi connectivity index (χ2v) is 5.28. The number of nitrogens with zero attached hydrogens (tertiary/aromatic N) is 3. The van der Waals surface area contributed by atoms with Gasteiger partial charge < -0.3 is 9.64 Å². The van der Waals surface area contributed by atoms with E-state index in [4.69, 9.17) is 4.74 Å². The van der Waals surface area contributed by atoms with E-state index in [1.54, 1.807) is 0 Å². The Morgan fingerprint density at radius 3 is 2.94 bits per heavy atom. The first-order chi connectivity index (χ1) is 8.10. The molecule has 1 aromatic heterocycles.